The van der Waals surface area contributed by atoms with Gasteiger partial charge in [-0.25, -0.2) is 4.79 Å². The molecule has 3 N–H and O–H groups in total. The van der Waals surface area contributed by atoms with E-state index >= 15 is 0 Å². The van der Waals surface area contributed by atoms with Crippen molar-refractivity contribution in [2.45, 2.75) is 123 Å². The van der Waals surface area contributed by atoms with Crippen LogP contribution in [-0.2, 0) is 35.1 Å². The minimum Gasteiger partial charge on any atom is -0.467 e. The third-order valence-corrected chi connectivity index (χ3v) is 9.64. The number of methoxy groups -OCH3 is 1. The molecule has 3 amide bonds. The molecule has 0 radical (unpaired) electrons. The SMILES string of the molecule is CCCCC[C@H](CC(=O)c1ccc(-c2ccc(CCCC)cc2)cc1)C(=O)N[C@H]1CCC(=O)NCCCC[C@@H](C(=O)OC)NC(=O)[C@H](C)CC1=O. The number of Topliss-reactive ketones (excluding diaryl/α,β-unsaturated/α-hetero) is 2. The Balaban J connectivity index is 1.74. The maximum atomic E-state index is 13.8. The molecule has 1 aliphatic heterocycles. The van der Waals surface area contributed by atoms with Gasteiger partial charge in [-0.2, -0.15) is 0 Å². The number of hydrogen-bond acceptors (Lipinski definition) is 7. The summed E-state index contributed by atoms with van der Waals surface area (Å²) in [6.45, 7) is 6.20. The Morgan fingerprint density at radius 1 is 0.882 bits per heavy atom. The smallest absolute Gasteiger partial charge is 0.328 e. The maximum Gasteiger partial charge on any atom is 0.328 e. The molecule has 10 nitrogen and oxygen atoms in total. The second-order valence-electron chi connectivity index (χ2n) is 13.8. The van der Waals surface area contributed by atoms with E-state index < -0.39 is 47.5 Å². The normalized spacial score (nSPS) is 19.8. The summed E-state index contributed by atoms with van der Waals surface area (Å²) < 4.78 is 4.85. The molecule has 1 fully saturated rings. The lowest BCUT2D eigenvalue weighted by atomic mass is 9.90. The highest BCUT2D eigenvalue weighted by Crippen LogP contribution is 2.24. The molecule has 0 spiro atoms. The fraction of sp³-hybridized carbons (Fsp3) is 0.561. The zero-order valence-corrected chi connectivity index (χ0v) is 30.9. The largest absolute Gasteiger partial charge is 0.467 e. The molecular weight excluding hydrogens is 646 g/mol. The monoisotopic (exact) mass is 703 g/mol. The molecule has 0 aromatic heterocycles. The summed E-state index contributed by atoms with van der Waals surface area (Å²) in [5.74, 6) is -3.72. The van der Waals surface area contributed by atoms with E-state index in [1.165, 1.54) is 12.7 Å². The van der Waals surface area contributed by atoms with Crippen molar-refractivity contribution >= 4 is 35.3 Å². The number of ether oxygens (including phenoxy) is 1. The fourth-order valence-corrected chi connectivity index (χ4v) is 6.31. The number of benzene rings is 2. The van der Waals surface area contributed by atoms with Crippen LogP contribution in [0.3, 0.4) is 0 Å². The zero-order valence-electron chi connectivity index (χ0n) is 30.9. The predicted octanol–water partition coefficient (Wildman–Crippen LogP) is 6.28. The molecule has 10 heteroatoms. The van der Waals surface area contributed by atoms with Gasteiger partial charge in [0.2, 0.25) is 17.7 Å². The Labute approximate surface area is 303 Å². The number of ketones is 2. The van der Waals surface area contributed by atoms with Gasteiger partial charge < -0.3 is 20.7 Å². The Hall–Kier alpha value is -4.34. The van der Waals surface area contributed by atoms with Crippen LogP contribution in [0.15, 0.2) is 48.5 Å². The van der Waals surface area contributed by atoms with Gasteiger partial charge in [0.1, 0.15) is 6.04 Å². The molecule has 278 valence electrons. The van der Waals surface area contributed by atoms with Crippen LogP contribution in [0, 0.1) is 11.8 Å². The minimum absolute atomic E-state index is 0.00922. The number of rotatable bonds is 14. The Morgan fingerprint density at radius 2 is 1.55 bits per heavy atom. The quantitative estimate of drug-likeness (QED) is 0.119. The van der Waals surface area contributed by atoms with Gasteiger partial charge in [0, 0.05) is 43.2 Å². The third-order valence-electron chi connectivity index (χ3n) is 9.64. The number of carbonyl (C=O) groups is 6. The van der Waals surface area contributed by atoms with E-state index in [-0.39, 0.29) is 37.4 Å². The first-order valence-corrected chi connectivity index (χ1v) is 18.8. The van der Waals surface area contributed by atoms with Gasteiger partial charge >= 0.3 is 5.97 Å². The Kier molecular flexibility index (Phi) is 17.5. The van der Waals surface area contributed by atoms with Gasteiger partial charge in [0.05, 0.1) is 13.2 Å². The molecule has 0 bridgehead atoms. The van der Waals surface area contributed by atoms with Gasteiger partial charge in [-0.3, -0.25) is 24.0 Å². The molecule has 0 aliphatic carbocycles. The number of carbonyl (C=O) groups excluding carboxylic acids is 6. The van der Waals surface area contributed by atoms with Crippen molar-refractivity contribution in [2.24, 2.45) is 11.8 Å². The van der Waals surface area contributed by atoms with Crippen molar-refractivity contribution in [3.05, 3.63) is 59.7 Å². The van der Waals surface area contributed by atoms with Crippen LogP contribution in [0.1, 0.15) is 120 Å². The van der Waals surface area contributed by atoms with E-state index in [1.807, 2.05) is 12.1 Å². The summed E-state index contributed by atoms with van der Waals surface area (Å²) in [5.41, 5.74) is 3.88. The van der Waals surface area contributed by atoms with Gasteiger partial charge in [0.15, 0.2) is 11.6 Å². The number of amides is 3. The van der Waals surface area contributed by atoms with Gasteiger partial charge in [-0.05, 0) is 61.6 Å². The Morgan fingerprint density at radius 3 is 2.20 bits per heavy atom. The van der Waals surface area contributed by atoms with Crippen molar-refractivity contribution in [1.29, 1.82) is 0 Å². The zero-order chi connectivity index (χ0) is 37.2. The molecule has 0 unspecified atom stereocenters. The number of nitrogens with one attached hydrogen (secondary N) is 3. The molecule has 0 saturated carbocycles. The third kappa shape index (κ3) is 13.7. The first kappa shape index (κ1) is 41.1. The lowest BCUT2D eigenvalue weighted by Crippen LogP contribution is -2.47. The van der Waals surface area contributed by atoms with Gasteiger partial charge in [0.25, 0.3) is 0 Å². The highest BCUT2D eigenvalue weighted by Gasteiger charge is 2.31. The van der Waals surface area contributed by atoms with Crippen LogP contribution in [0.4, 0.5) is 0 Å². The van der Waals surface area contributed by atoms with E-state index in [1.54, 1.807) is 19.1 Å². The van der Waals surface area contributed by atoms with E-state index in [2.05, 4.69) is 54.1 Å². The molecular formula is C41H57N3O7. The average Bonchev–Trinajstić information content (AvgIpc) is 3.14. The van der Waals surface area contributed by atoms with E-state index in [9.17, 15) is 28.8 Å². The molecule has 1 saturated heterocycles. The van der Waals surface area contributed by atoms with E-state index in [0.29, 0.717) is 37.8 Å². The van der Waals surface area contributed by atoms with Crippen molar-refractivity contribution < 1.29 is 33.5 Å². The summed E-state index contributed by atoms with van der Waals surface area (Å²) in [4.78, 5) is 78.9. The second kappa shape index (κ2) is 21.8. The molecule has 3 rings (SSSR count). The van der Waals surface area contributed by atoms with E-state index in [4.69, 9.17) is 4.74 Å². The minimum atomic E-state index is -1.02. The summed E-state index contributed by atoms with van der Waals surface area (Å²) >= 11 is 0. The first-order valence-electron chi connectivity index (χ1n) is 18.8. The second-order valence-corrected chi connectivity index (χ2v) is 13.8. The van der Waals surface area contributed by atoms with Crippen molar-refractivity contribution in [3.8, 4) is 11.1 Å². The van der Waals surface area contributed by atoms with Crippen molar-refractivity contribution in [2.75, 3.05) is 13.7 Å². The first-order chi connectivity index (χ1) is 24.6. The number of aryl methyl sites for hydroxylation is 1. The molecule has 4 atom stereocenters. The predicted molar refractivity (Wildman–Crippen MR) is 198 cm³/mol. The molecule has 2 aromatic carbocycles. The molecule has 1 aliphatic rings. The molecule has 2 aromatic rings. The highest BCUT2D eigenvalue weighted by atomic mass is 16.5. The number of hydrogen-bond donors (Lipinski definition) is 3. The van der Waals surface area contributed by atoms with Gasteiger partial charge in [-0.15, -0.1) is 0 Å². The molecule has 1 heterocycles. The Bertz CT molecular complexity index is 1450. The van der Waals surface area contributed by atoms with Crippen LogP contribution in [0.5, 0.6) is 0 Å². The topological polar surface area (TPSA) is 148 Å². The van der Waals surface area contributed by atoms with Crippen LogP contribution < -0.4 is 16.0 Å². The summed E-state index contributed by atoms with van der Waals surface area (Å²) in [7, 11) is 1.25. The summed E-state index contributed by atoms with van der Waals surface area (Å²) in [5, 5.41) is 8.39. The van der Waals surface area contributed by atoms with Crippen molar-refractivity contribution in [1.82, 2.24) is 16.0 Å². The number of unbranched alkanes of at least 4 members (excludes halogenated alkanes) is 3. The highest BCUT2D eigenvalue weighted by molar-refractivity contribution is 6.00. The fourth-order valence-electron chi connectivity index (χ4n) is 6.31. The van der Waals surface area contributed by atoms with Crippen LogP contribution in [0.25, 0.3) is 11.1 Å². The maximum absolute atomic E-state index is 13.8. The van der Waals surface area contributed by atoms with E-state index in [0.717, 1.165) is 49.7 Å². The lowest BCUT2D eigenvalue weighted by Gasteiger charge is -2.23. The van der Waals surface area contributed by atoms with Gasteiger partial charge in [-0.1, -0.05) is 95.0 Å². The number of esters is 1. The lowest BCUT2D eigenvalue weighted by molar-refractivity contribution is -0.146. The average molecular weight is 704 g/mol. The standard InChI is InChI=1S/C41H57N3O7/c1-5-7-9-13-33(27-36(45)32-21-19-31(20-22-32)30-17-15-29(16-18-30)12-8-6-2)40(49)43-34-23-24-38(47)42-25-11-10-14-35(41(50)51-4)44-39(48)28(3)26-37(34)46/h15-22,28,33-35H,5-14,23-27H2,1-4H3,(H,42,47)(H,43,49)(H,44,48)/t28-,33-,34+,35+/m1/s1. The van der Waals surface area contributed by atoms with Crippen LogP contribution in [-0.4, -0.2) is 61.0 Å². The van der Waals surface area contributed by atoms with Crippen LogP contribution >= 0.6 is 0 Å². The summed E-state index contributed by atoms with van der Waals surface area (Å²) in [6.07, 6.45) is 7.76. The summed E-state index contributed by atoms with van der Waals surface area (Å²) in [6, 6.07) is 14.0. The van der Waals surface area contributed by atoms with Crippen LogP contribution in [0.2, 0.25) is 0 Å². The van der Waals surface area contributed by atoms with Crippen molar-refractivity contribution in [3.63, 3.8) is 0 Å². The molecule has 51 heavy (non-hydrogen) atoms.